The van der Waals surface area contributed by atoms with E-state index in [9.17, 15) is 0 Å². The summed E-state index contributed by atoms with van der Waals surface area (Å²) in [6.07, 6.45) is 9.35. The fourth-order valence-electron chi connectivity index (χ4n) is 3.36. The van der Waals surface area contributed by atoms with E-state index in [0.717, 1.165) is 5.92 Å². The van der Waals surface area contributed by atoms with Crippen LogP contribution < -0.4 is 5.73 Å². The van der Waals surface area contributed by atoms with Gasteiger partial charge in [-0.15, -0.1) is 0 Å². The van der Waals surface area contributed by atoms with Gasteiger partial charge in [0.25, 0.3) is 0 Å². The van der Waals surface area contributed by atoms with E-state index in [4.69, 9.17) is 5.73 Å². The van der Waals surface area contributed by atoms with Crippen molar-refractivity contribution >= 4 is 0 Å². The molecular formula is C13H26N2. The van der Waals surface area contributed by atoms with Crippen molar-refractivity contribution in [2.24, 2.45) is 11.7 Å². The monoisotopic (exact) mass is 210 g/mol. The van der Waals surface area contributed by atoms with Gasteiger partial charge in [0.2, 0.25) is 0 Å². The second-order valence-electron chi connectivity index (χ2n) is 5.65. The zero-order valence-electron chi connectivity index (χ0n) is 10.2. The minimum Gasteiger partial charge on any atom is -0.325 e. The van der Waals surface area contributed by atoms with Crippen molar-refractivity contribution in [3.05, 3.63) is 0 Å². The molecule has 1 heterocycles. The lowest BCUT2D eigenvalue weighted by atomic mass is 9.82. The number of nitrogens with two attached hydrogens (primary N) is 1. The molecule has 0 unspecified atom stereocenters. The van der Waals surface area contributed by atoms with Crippen LogP contribution in [0.5, 0.6) is 0 Å². The van der Waals surface area contributed by atoms with Crippen LogP contribution in [0.15, 0.2) is 0 Å². The molecule has 0 atom stereocenters. The van der Waals surface area contributed by atoms with Crippen LogP contribution in [0.2, 0.25) is 0 Å². The van der Waals surface area contributed by atoms with Gasteiger partial charge in [0, 0.05) is 5.54 Å². The number of piperidine rings is 1. The molecule has 0 aromatic heterocycles. The standard InChI is InChI=1S/C13H26N2/c1-2-15-9-5-12(6-10-15)11-13(14)7-3-4-8-13/h12H,2-11,14H2,1H3. The van der Waals surface area contributed by atoms with Gasteiger partial charge in [-0.1, -0.05) is 19.8 Å². The lowest BCUT2D eigenvalue weighted by Gasteiger charge is -2.35. The number of nitrogens with zero attached hydrogens (tertiary/aromatic N) is 1. The van der Waals surface area contributed by atoms with Crippen molar-refractivity contribution in [2.75, 3.05) is 19.6 Å². The Morgan fingerprint density at radius 3 is 2.33 bits per heavy atom. The van der Waals surface area contributed by atoms with Crippen LogP contribution in [0.25, 0.3) is 0 Å². The Hall–Kier alpha value is -0.0800. The topological polar surface area (TPSA) is 29.3 Å². The average molecular weight is 210 g/mol. The summed E-state index contributed by atoms with van der Waals surface area (Å²) in [5, 5.41) is 0. The van der Waals surface area contributed by atoms with Crippen LogP contribution in [0.3, 0.4) is 0 Å². The molecule has 1 saturated carbocycles. The molecular weight excluding hydrogens is 184 g/mol. The molecule has 2 nitrogen and oxygen atoms in total. The zero-order chi connectivity index (χ0) is 10.7. The SMILES string of the molecule is CCN1CCC(CC2(N)CCCC2)CC1. The van der Waals surface area contributed by atoms with E-state index < -0.39 is 0 Å². The van der Waals surface area contributed by atoms with Crippen molar-refractivity contribution in [1.29, 1.82) is 0 Å². The van der Waals surface area contributed by atoms with E-state index in [-0.39, 0.29) is 5.54 Å². The Bertz CT molecular complexity index is 189. The number of hydrogen-bond donors (Lipinski definition) is 1. The smallest absolute Gasteiger partial charge is 0.0157 e. The van der Waals surface area contributed by atoms with Crippen molar-refractivity contribution in [3.63, 3.8) is 0 Å². The predicted molar refractivity (Wildman–Crippen MR) is 64.8 cm³/mol. The third-order valence-corrected chi connectivity index (χ3v) is 4.45. The molecule has 0 spiro atoms. The summed E-state index contributed by atoms with van der Waals surface area (Å²) in [6.45, 7) is 6.09. The molecule has 15 heavy (non-hydrogen) atoms. The zero-order valence-corrected chi connectivity index (χ0v) is 10.2. The summed E-state index contributed by atoms with van der Waals surface area (Å²) in [5.74, 6) is 0.913. The van der Waals surface area contributed by atoms with Crippen molar-refractivity contribution in [2.45, 2.75) is 57.4 Å². The Balaban J connectivity index is 1.76. The first-order valence-corrected chi connectivity index (χ1v) is 6.73. The first kappa shape index (κ1) is 11.4. The van der Waals surface area contributed by atoms with Crippen LogP contribution in [0, 0.1) is 5.92 Å². The lowest BCUT2D eigenvalue weighted by Crippen LogP contribution is -2.41. The van der Waals surface area contributed by atoms with E-state index in [1.54, 1.807) is 0 Å². The maximum absolute atomic E-state index is 6.44. The second kappa shape index (κ2) is 4.84. The van der Waals surface area contributed by atoms with Gasteiger partial charge in [-0.2, -0.15) is 0 Å². The van der Waals surface area contributed by atoms with Gasteiger partial charge < -0.3 is 10.6 Å². The van der Waals surface area contributed by atoms with E-state index in [2.05, 4.69) is 11.8 Å². The Kier molecular flexibility index (Phi) is 3.68. The molecule has 2 N–H and O–H groups in total. The first-order valence-electron chi connectivity index (χ1n) is 6.73. The van der Waals surface area contributed by atoms with E-state index in [1.165, 1.54) is 64.6 Å². The maximum Gasteiger partial charge on any atom is 0.0157 e. The highest BCUT2D eigenvalue weighted by atomic mass is 15.1. The molecule has 0 bridgehead atoms. The molecule has 1 aliphatic carbocycles. The van der Waals surface area contributed by atoms with Gasteiger partial charge in [0.1, 0.15) is 0 Å². The summed E-state index contributed by atoms with van der Waals surface area (Å²) in [7, 11) is 0. The molecule has 2 fully saturated rings. The molecule has 88 valence electrons. The van der Waals surface area contributed by atoms with Gasteiger partial charge in [0.15, 0.2) is 0 Å². The third-order valence-electron chi connectivity index (χ3n) is 4.45. The van der Waals surface area contributed by atoms with Crippen LogP contribution in [-0.4, -0.2) is 30.1 Å². The van der Waals surface area contributed by atoms with Crippen LogP contribution in [0.1, 0.15) is 51.9 Å². The molecule has 0 amide bonds. The summed E-state index contributed by atoms with van der Waals surface area (Å²) in [4.78, 5) is 2.56. The summed E-state index contributed by atoms with van der Waals surface area (Å²) < 4.78 is 0. The minimum atomic E-state index is 0.221. The number of rotatable bonds is 3. The van der Waals surface area contributed by atoms with Crippen LogP contribution in [-0.2, 0) is 0 Å². The maximum atomic E-state index is 6.44. The highest BCUT2D eigenvalue weighted by molar-refractivity contribution is 4.92. The van der Waals surface area contributed by atoms with Crippen molar-refractivity contribution < 1.29 is 0 Å². The quantitative estimate of drug-likeness (QED) is 0.775. The van der Waals surface area contributed by atoms with Crippen molar-refractivity contribution in [3.8, 4) is 0 Å². The third kappa shape index (κ3) is 2.94. The van der Waals surface area contributed by atoms with Crippen LogP contribution >= 0.6 is 0 Å². The van der Waals surface area contributed by atoms with Gasteiger partial charge in [0.05, 0.1) is 0 Å². The summed E-state index contributed by atoms with van der Waals surface area (Å²) in [5.41, 5.74) is 6.66. The number of likely N-dealkylation sites (tertiary alicyclic amines) is 1. The van der Waals surface area contributed by atoms with Crippen LogP contribution in [0.4, 0.5) is 0 Å². The molecule has 0 aromatic carbocycles. The first-order chi connectivity index (χ1) is 7.22. The van der Waals surface area contributed by atoms with Crippen molar-refractivity contribution in [1.82, 2.24) is 4.90 Å². The van der Waals surface area contributed by atoms with Gasteiger partial charge in [-0.05, 0) is 57.7 Å². The summed E-state index contributed by atoms with van der Waals surface area (Å²) in [6, 6.07) is 0. The Labute approximate surface area is 94.2 Å². The molecule has 0 aromatic rings. The normalized spacial score (nSPS) is 28.4. The average Bonchev–Trinajstić information content (AvgIpc) is 2.66. The van der Waals surface area contributed by atoms with Gasteiger partial charge >= 0.3 is 0 Å². The number of hydrogen-bond acceptors (Lipinski definition) is 2. The molecule has 2 heteroatoms. The molecule has 2 rings (SSSR count). The highest BCUT2D eigenvalue weighted by Crippen LogP contribution is 2.35. The second-order valence-corrected chi connectivity index (χ2v) is 5.65. The fourth-order valence-corrected chi connectivity index (χ4v) is 3.36. The minimum absolute atomic E-state index is 0.221. The highest BCUT2D eigenvalue weighted by Gasteiger charge is 2.32. The largest absolute Gasteiger partial charge is 0.325 e. The molecule has 1 aliphatic heterocycles. The molecule has 1 saturated heterocycles. The summed E-state index contributed by atoms with van der Waals surface area (Å²) >= 11 is 0. The molecule has 2 aliphatic rings. The predicted octanol–water partition coefficient (Wildman–Crippen LogP) is 2.38. The molecule has 0 radical (unpaired) electrons. The van der Waals surface area contributed by atoms with Gasteiger partial charge in [-0.3, -0.25) is 0 Å². The Morgan fingerprint density at radius 2 is 1.80 bits per heavy atom. The Morgan fingerprint density at radius 1 is 1.20 bits per heavy atom. The van der Waals surface area contributed by atoms with E-state index in [1.807, 2.05) is 0 Å². The lowest BCUT2D eigenvalue weighted by molar-refractivity contribution is 0.166. The fraction of sp³-hybridized carbons (Fsp3) is 1.00. The van der Waals surface area contributed by atoms with E-state index in [0.29, 0.717) is 0 Å². The van der Waals surface area contributed by atoms with Gasteiger partial charge in [-0.25, -0.2) is 0 Å². The van der Waals surface area contributed by atoms with E-state index >= 15 is 0 Å².